The molecule has 0 saturated carbocycles. The fraction of sp³-hybridized carbons (Fsp3) is 0.417. The Morgan fingerprint density at radius 2 is 1.88 bits per heavy atom. The summed E-state index contributed by atoms with van der Waals surface area (Å²) in [5, 5.41) is -0.575. The van der Waals surface area contributed by atoms with Gasteiger partial charge in [0.2, 0.25) is 5.24 Å². The molecule has 0 radical (unpaired) electrons. The first-order valence-electron chi connectivity index (χ1n) is 4.95. The molecule has 0 aliphatic rings. The maximum atomic E-state index is 13.1. The van der Waals surface area contributed by atoms with Gasteiger partial charge in [0.1, 0.15) is 0 Å². The molecule has 1 rings (SSSR count). The van der Waals surface area contributed by atoms with Crippen molar-refractivity contribution in [2.24, 2.45) is 5.92 Å². The van der Waals surface area contributed by atoms with Gasteiger partial charge in [-0.05, 0) is 42.1 Å². The SMILES string of the molecule is CC(C)C(C)(C(=O)Cl)c1ccc(F)c(F)c1. The first-order chi connectivity index (χ1) is 7.30. The number of carbonyl (C=O) groups is 1. The molecule has 1 aromatic rings. The summed E-state index contributed by atoms with van der Waals surface area (Å²) in [5.41, 5.74) is -0.614. The summed E-state index contributed by atoms with van der Waals surface area (Å²) in [7, 11) is 0. The van der Waals surface area contributed by atoms with Crippen LogP contribution in [0.4, 0.5) is 8.78 Å². The van der Waals surface area contributed by atoms with Crippen molar-refractivity contribution >= 4 is 16.8 Å². The minimum Gasteiger partial charge on any atom is -0.280 e. The highest BCUT2D eigenvalue weighted by molar-refractivity contribution is 6.65. The molecule has 1 atom stereocenters. The van der Waals surface area contributed by atoms with Gasteiger partial charge in [-0.2, -0.15) is 0 Å². The molecule has 88 valence electrons. The van der Waals surface area contributed by atoms with Crippen LogP contribution in [0.5, 0.6) is 0 Å². The molecule has 0 bridgehead atoms. The van der Waals surface area contributed by atoms with Crippen LogP contribution in [-0.2, 0) is 10.2 Å². The molecule has 1 nitrogen and oxygen atoms in total. The molecule has 16 heavy (non-hydrogen) atoms. The van der Waals surface area contributed by atoms with E-state index in [-0.39, 0.29) is 5.92 Å². The smallest absolute Gasteiger partial charge is 0.232 e. The van der Waals surface area contributed by atoms with Crippen LogP contribution in [0.3, 0.4) is 0 Å². The van der Waals surface area contributed by atoms with Crippen molar-refractivity contribution < 1.29 is 13.6 Å². The molecular formula is C12H13ClF2O. The number of hydrogen-bond donors (Lipinski definition) is 0. The lowest BCUT2D eigenvalue weighted by Crippen LogP contribution is -2.35. The van der Waals surface area contributed by atoms with Crippen molar-refractivity contribution in [2.75, 3.05) is 0 Å². The van der Waals surface area contributed by atoms with E-state index in [1.807, 2.05) is 13.8 Å². The molecule has 0 N–H and O–H groups in total. The molecule has 0 heterocycles. The van der Waals surface area contributed by atoms with Gasteiger partial charge in [-0.15, -0.1) is 0 Å². The highest BCUT2D eigenvalue weighted by atomic mass is 35.5. The Morgan fingerprint density at radius 1 is 1.31 bits per heavy atom. The molecule has 1 aromatic carbocycles. The normalized spacial score (nSPS) is 14.9. The Kier molecular flexibility index (Phi) is 3.68. The van der Waals surface area contributed by atoms with Gasteiger partial charge in [-0.1, -0.05) is 19.9 Å². The van der Waals surface area contributed by atoms with Gasteiger partial charge in [0, 0.05) is 0 Å². The average molecular weight is 247 g/mol. The van der Waals surface area contributed by atoms with Crippen molar-refractivity contribution in [1.29, 1.82) is 0 Å². The van der Waals surface area contributed by atoms with Gasteiger partial charge in [0.25, 0.3) is 0 Å². The van der Waals surface area contributed by atoms with Crippen LogP contribution in [0.1, 0.15) is 26.3 Å². The molecule has 0 aromatic heterocycles. The zero-order valence-electron chi connectivity index (χ0n) is 9.35. The first-order valence-corrected chi connectivity index (χ1v) is 5.33. The molecule has 0 fully saturated rings. The number of hydrogen-bond acceptors (Lipinski definition) is 1. The average Bonchev–Trinajstić information content (AvgIpc) is 2.20. The topological polar surface area (TPSA) is 17.1 Å². The summed E-state index contributed by atoms with van der Waals surface area (Å²) in [6, 6.07) is 3.42. The fourth-order valence-electron chi connectivity index (χ4n) is 1.49. The van der Waals surface area contributed by atoms with E-state index in [9.17, 15) is 13.6 Å². The van der Waals surface area contributed by atoms with Crippen molar-refractivity contribution in [3.63, 3.8) is 0 Å². The molecule has 4 heteroatoms. The lowest BCUT2D eigenvalue weighted by Gasteiger charge is -2.30. The van der Waals surface area contributed by atoms with E-state index < -0.39 is 22.3 Å². The van der Waals surface area contributed by atoms with E-state index >= 15 is 0 Å². The Bertz CT molecular complexity index is 417. The van der Waals surface area contributed by atoms with Gasteiger partial charge in [-0.25, -0.2) is 8.78 Å². The predicted octanol–water partition coefficient (Wildman–Crippen LogP) is 3.64. The van der Waals surface area contributed by atoms with Gasteiger partial charge >= 0.3 is 0 Å². The molecular weight excluding hydrogens is 234 g/mol. The largest absolute Gasteiger partial charge is 0.280 e. The number of halogens is 3. The third-order valence-electron chi connectivity index (χ3n) is 3.08. The van der Waals surface area contributed by atoms with Crippen molar-refractivity contribution in [3.05, 3.63) is 35.4 Å². The third-order valence-corrected chi connectivity index (χ3v) is 3.47. The van der Waals surface area contributed by atoms with Crippen molar-refractivity contribution in [3.8, 4) is 0 Å². The van der Waals surface area contributed by atoms with Gasteiger partial charge in [-0.3, -0.25) is 4.79 Å². The molecule has 0 aliphatic heterocycles. The van der Waals surface area contributed by atoms with Gasteiger partial charge < -0.3 is 0 Å². The minimum absolute atomic E-state index is 0.109. The molecule has 0 amide bonds. The second-order valence-electron chi connectivity index (χ2n) is 4.26. The Hall–Kier alpha value is -0.960. The van der Waals surface area contributed by atoms with E-state index in [4.69, 9.17) is 11.6 Å². The minimum atomic E-state index is -1.00. The summed E-state index contributed by atoms with van der Waals surface area (Å²) in [4.78, 5) is 11.5. The third kappa shape index (κ3) is 2.09. The van der Waals surface area contributed by atoms with Gasteiger partial charge in [0.15, 0.2) is 11.6 Å². The number of benzene rings is 1. The monoisotopic (exact) mass is 246 g/mol. The molecule has 0 spiro atoms. The standard InChI is InChI=1S/C12H13ClF2O/c1-7(2)12(3,11(13)16)8-4-5-9(14)10(15)6-8/h4-7H,1-3H3. The number of rotatable bonds is 3. The van der Waals surface area contributed by atoms with E-state index in [0.29, 0.717) is 5.56 Å². The van der Waals surface area contributed by atoms with Crippen LogP contribution < -0.4 is 0 Å². The van der Waals surface area contributed by atoms with Crippen LogP contribution in [-0.4, -0.2) is 5.24 Å². The lowest BCUT2D eigenvalue weighted by molar-refractivity contribution is -0.117. The van der Waals surface area contributed by atoms with Crippen LogP contribution in [0.25, 0.3) is 0 Å². The second kappa shape index (κ2) is 4.50. The quantitative estimate of drug-likeness (QED) is 0.744. The molecule has 0 saturated heterocycles. The van der Waals surface area contributed by atoms with E-state index in [2.05, 4.69) is 0 Å². The Morgan fingerprint density at radius 3 is 2.25 bits per heavy atom. The highest BCUT2D eigenvalue weighted by Crippen LogP contribution is 2.34. The predicted molar refractivity (Wildman–Crippen MR) is 59.4 cm³/mol. The summed E-state index contributed by atoms with van der Waals surface area (Å²) in [6.45, 7) is 5.24. The zero-order valence-corrected chi connectivity index (χ0v) is 10.1. The second-order valence-corrected chi connectivity index (χ2v) is 4.60. The van der Waals surface area contributed by atoms with Gasteiger partial charge in [0.05, 0.1) is 5.41 Å². The first kappa shape index (κ1) is 13.1. The zero-order chi connectivity index (χ0) is 12.5. The maximum absolute atomic E-state index is 13.1. The van der Waals surface area contributed by atoms with E-state index in [1.54, 1.807) is 6.92 Å². The summed E-state index contributed by atoms with van der Waals surface area (Å²) < 4.78 is 25.9. The van der Waals surface area contributed by atoms with E-state index in [0.717, 1.165) is 12.1 Å². The van der Waals surface area contributed by atoms with Crippen molar-refractivity contribution in [1.82, 2.24) is 0 Å². The van der Waals surface area contributed by atoms with Crippen LogP contribution >= 0.6 is 11.6 Å². The summed E-state index contributed by atoms with van der Waals surface area (Å²) in [5.74, 6) is -2.01. The fourth-order valence-corrected chi connectivity index (χ4v) is 1.82. The Balaban J connectivity index is 3.33. The lowest BCUT2D eigenvalue weighted by atomic mass is 9.74. The highest BCUT2D eigenvalue weighted by Gasteiger charge is 2.37. The van der Waals surface area contributed by atoms with E-state index in [1.165, 1.54) is 6.07 Å². The Labute approximate surface area is 98.4 Å². The summed E-state index contributed by atoms with van der Waals surface area (Å²) >= 11 is 5.55. The molecule has 0 aliphatic carbocycles. The number of carbonyl (C=O) groups excluding carboxylic acids is 1. The maximum Gasteiger partial charge on any atom is 0.232 e. The van der Waals surface area contributed by atoms with Crippen LogP contribution in [0.15, 0.2) is 18.2 Å². The molecule has 1 unspecified atom stereocenters. The van der Waals surface area contributed by atoms with Crippen LogP contribution in [0, 0.1) is 17.6 Å². The summed E-state index contributed by atoms with van der Waals surface area (Å²) in [6.07, 6.45) is 0. The van der Waals surface area contributed by atoms with Crippen molar-refractivity contribution in [2.45, 2.75) is 26.2 Å². The van der Waals surface area contributed by atoms with Crippen LogP contribution in [0.2, 0.25) is 0 Å².